The number of hydrogen-bond donors (Lipinski definition) is 0. The standard InChI is InChI=1S/C25H40O2/c1-20-17-22(11-8-10-14-25(15-16-25)27-19-26)18-23(21(20)2)12-7-6-9-13-24(3,4)5/h17-19H,6-16H2,1-5H3. The van der Waals surface area contributed by atoms with Crippen LogP contribution in [0.1, 0.15) is 101 Å². The molecule has 1 aliphatic carbocycles. The van der Waals surface area contributed by atoms with Crippen LogP contribution in [0.4, 0.5) is 0 Å². The van der Waals surface area contributed by atoms with E-state index >= 15 is 0 Å². The first-order chi connectivity index (χ1) is 12.7. The molecule has 1 aliphatic rings. The van der Waals surface area contributed by atoms with Gasteiger partial charge in [0, 0.05) is 0 Å². The van der Waals surface area contributed by atoms with Gasteiger partial charge in [-0.2, -0.15) is 0 Å². The van der Waals surface area contributed by atoms with Gasteiger partial charge in [-0.15, -0.1) is 0 Å². The lowest BCUT2D eigenvalue weighted by molar-refractivity contribution is -0.135. The Kier molecular flexibility index (Phi) is 7.94. The second kappa shape index (κ2) is 9.75. The van der Waals surface area contributed by atoms with E-state index in [4.69, 9.17) is 4.74 Å². The fraction of sp³-hybridized carbons (Fsp3) is 0.720. The summed E-state index contributed by atoms with van der Waals surface area (Å²) in [7, 11) is 0. The summed E-state index contributed by atoms with van der Waals surface area (Å²) >= 11 is 0. The summed E-state index contributed by atoms with van der Waals surface area (Å²) in [5.41, 5.74) is 6.30. The highest BCUT2D eigenvalue weighted by Gasteiger charge is 2.44. The first kappa shape index (κ1) is 22.0. The molecule has 0 aromatic heterocycles. The number of rotatable bonds is 12. The first-order valence-corrected chi connectivity index (χ1v) is 11.0. The van der Waals surface area contributed by atoms with Gasteiger partial charge in [-0.25, -0.2) is 0 Å². The van der Waals surface area contributed by atoms with E-state index in [9.17, 15) is 4.79 Å². The van der Waals surface area contributed by atoms with Crippen LogP contribution in [0.5, 0.6) is 0 Å². The zero-order valence-electron chi connectivity index (χ0n) is 18.3. The Morgan fingerprint density at radius 2 is 1.70 bits per heavy atom. The zero-order valence-corrected chi connectivity index (χ0v) is 18.3. The van der Waals surface area contributed by atoms with Crippen molar-refractivity contribution in [3.05, 3.63) is 34.4 Å². The highest BCUT2D eigenvalue weighted by Crippen LogP contribution is 2.43. The van der Waals surface area contributed by atoms with Crippen molar-refractivity contribution in [1.29, 1.82) is 0 Å². The van der Waals surface area contributed by atoms with Crippen LogP contribution in [0.25, 0.3) is 0 Å². The number of carbonyl (C=O) groups is 1. The van der Waals surface area contributed by atoms with Gasteiger partial charge in [-0.3, -0.25) is 4.79 Å². The van der Waals surface area contributed by atoms with Crippen molar-refractivity contribution in [2.24, 2.45) is 5.41 Å². The molecule has 152 valence electrons. The molecule has 0 spiro atoms. The molecule has 27 heavy (non-hydrogen) atoms. The molecule has 2 rings (SSSR count). The number of carbonyl (C=O) groups excluding carboxylic acids is 1. The van der Waals surface area contributed by atoms with Crippen molar-refractivity contribution in [2.75, 3.05) is 0 Å². The van der Waals surface area contributed by atoms with E-state index in [0.717, 1.165) is 32.1 Å². The van der Waals surface area contributed by atoms with Gasteiger partial charge in [0.05, 0.1) is 0 Å². The quantitative estimate of drug-likeness (QED) is 0.295. The molecule has 1 aromatic rings. The molecule has 2 heteroatoms. The van der Waals surface area contributed by atoms with E-state index in [1.807, 2.05) is 0 Å². The fourth-order valence-corrected chi connectivity index (χ4v) is 4.01. The molecule has 1 fully saturated rings. The molecule has 0 N–H and O–H groups in total. The SMILES string of the molecule is Cc1cc(CCCCC2(OC=O)CC2)cc(CCCCCC(C)(C)C)c1C. The minimum Gasteiger partial charge on any atom is -0.461 e. The van der Waals surface area contributed by atoms with E-state index in [1.165, 1.54) is 55.2 Å². The van der Waals surface area contributed by atoms with Crippen LogP contribution in [0, 0.1) is 19.3 Å². The number of ether oxygens (including phenoxy) is 1. The molecule has 1 saturated carbocycles. The molecule has 1 aromatic carbocycles. The largest absolute Gasteiger partial charge is 0.461 e. The maximum Gasteiger partial charge on any atom is 0.293 e. The molecule has 0 radical (unpaired) electrons. The molecule has 2 nitrogen and oxygen atoms in total. The summed E-state index contributed by atoms with van der Waals surface area (Å²) in [4.78, 5) is 10.6. The molecule has 0 atom stereocenters. The Morgan fingerprint density at radius 1 is 1.00 bits per heavy atom. The predicted octanol–water partition coefficient (Wildman–Crippen LogP) is 6.87. The normalized spacial score (nSPS) is 15.6. The van der Waals surface area contributed by atoms with Gasteiger partial charge in [0.2, 0.25) is 0 Å². The van der Waals surface area contributed by atoms with Crippen molar-refractivity contribution < 1.29 is 9.53 Å². The van der Waals surface area contributed by atoms with Crippen LogP contribution in [0.3, 0.4) is 0 Å². The highest BCUT2D eigenvalue weighted by molar-refractivity contribution is 5.39. The lowest BCUT2D eigenvalue weighted by Crippen LogP contribution is -2.12. The van der Waals surface area contributed by atoms with E-state index in [-0.39, 0.29) is 5.60 Å². The lowest BCUT2D eigenvalue weighted by Gasteiger charge is -2.18. The minimum atomic E-state index is -0.0941. The monoisotopic (exact) mass is 372 g/mol. The summed E-state index contributed by atoms with van der Waals surface area (Å²) < 4.78 is 5.25. The highest BCUT2D eigenvalue weighted by atomic mass is 16.5. The van der Waals surface area contributed by atoms with Crippen molar-refractivity contribution in [3.8, 4) is 0 Å². The average molecular weight is 373 g/mol. The maximum absolute atomic E-state index is 10.6. The van der Waals surface area contributed by atoms with Crippen LogP contribution >= 0.6 is 0 Å². The van der Waals surface area contributed by atoms with E-state index in [0.29, 0.717) is 11.9 Å². The van der Waals surface area contributed by atoms with Gasteiger partial charge in [-0.05, 0) is 99.3 Å². The minimum absolute atomic E-state index is 0.0941. The van der Waals surface area contributed by atoms with Crippen molar-refractivity contribution in [3.63, 3.8) is 0 Å². The van der Waals surface area contributed by atoms with Crippen molar-refractivity contribution in [2.45, 2.75) is 111 Å². The zero-order chi connectivity index (χ0) is 19.9. The lowest BCUT2D eigenvalue weighted by atomic mass is 9.88. The van der Waals surface area contributed by atoms with Crippen LogP contribution in [-0.2, 0) is 22.4 Å². The molecule has 0 amide bonds. The predicted molar refractivity (Wildman–Crippen MR) is 114 cm³/mol. The van der Waals surface area contributed by atoms with Gasteiger partial charge in [0.25, 0.3) is 6.47 Å². The van der Waals surface area contributed by atoms with Gasteiger partial charge in [-0.1, -0.05) is 45.7 Å². The molecule has 0 unspecified atom stereocenters. The van der Waals surface area contributed by atoms with Gasteiger partial charge in [0.1, 0.15) is 5.60 Å². The summed E-state index contributed by atoms with van der Waals surface area (Å²) in [5.74, 6) is 0. The number of aryl methyl sites for hydroxylation is 3. The number of benzene rings is 1. The summed E-state index contributed by atoms with van der Waals surface area (Å²) in [5, 5.41) is 0. The third-order valence-corrected chi connectivity index (χ3v) is 6.16. The molecular formula is C25H40O2. The van der Waals surface area contributed by atoms with Crippen LogP contribution < -0.4 is 0 Å². The third-order valence-electron chi connectivity index (χ3n) is 6.16. The maximum atomic E-state index is 10.6. The fourth-order valence-electron chi connectivity index (χ4n) is 4.01. The molecule has 0 bridgehead atoms. The van der Waals surface area contributed by atoms with Gasteiger partial charge in [0.15, 0.2) is 0 Å². The Bertz CT molecular complexity index is 605. The van der Waals surface area contributed by atoms with Crippen molar-refractivity contribution in [1.82, 2.24) is 0 Å². The summed E-state index contributed by atoms with van der Waals surface area (Å²) in [6.07, 6.45) is 13.1. The summed E-state index contributed by atoms with van der Waals surface area (Å²) in [6.45, 7) is 12.2. The number of unbranched alkanes of at least 4 members (excludes halogenated alkanes) is 3. The molecular weight excluding hydrogens is 332 g/mol. The third kappa shape index (κ3) is 7.68. The van der Waals surface area contributed by atoms with Gasteiger partial charge < -0.3 is 4.74 Å². The van der Waals surface area contributed by atoms with Crippen LogP contribution in [0.2, 0.25) is 0 Å². The summed E-state index contributed by atoms with van der Waals surface area (Å²) in [6, 6.07) is 4.81. The van der Waals surface area contributed by atoms with Crippen LogP contribution in [-0.4, -0.2) is 12.1 Å². The number of hydrogen-bond acceptors (Lipinski definition) is 2. The first-order valence-electron chi connectivity index (χ1n) is 11.0. The Labute approximate surface area is 167 Å². The molecule has 0 aliphatic heterocycles. The van der Waals surface area contributed by atoms with E-state index in [1.54, 1.807) is 5.56 Å². The Morgan fingerprint density at radius 3 is 2.33 bits per heavy atom. The topological polar surface area (TPSA) is 26.3 Å². The Balaban J connectivity index is 1.77. The molecule has 0 heterocycles. The van der Waals surface area contributed by atoms with E-state index < -0.39 is 0 Å². The Hall–Kier alpha value is -1.31. The smallest absolute Gasteiger partial charge is 0.293 e. The average Bonchev–Trinajstić information content (AvgIpc) is 3.34. The van der Waals surface area contributed by atoms with E-state index in [2.05, 4.69) is 46.8 Å². The second-order valence-electron chi connectivity index (χ2n) is 9.92. The molecule has 0 saturated heterocycles. The van der Waals surface area contributed by atoms with Crippen molar-refractivity contribution >= 4 is 6.47 Å². The second-order valence-corrected chi connectivity index (χ2v) is 9.92. The van der Waals surface area contributed by atoms with Crippen LogP contribution in [0.15, 0.2) is 12.1 Å². The van der Waals surface area contributed by atoms with Gasteiger partial charge >= 0.3 is 0 Å².